The van der Waals surface area contributed by atoms with Gasteiger partial charge in [0.1, 0.15) is 0 Å². The molecule has 1 aliphatic heterocycles. The number of fused-ring (bicyclic) bond motifs is 1. The Bertz CT molecular complexity index is 756. The van der Waals surface area contributed by atoms with Crippen molar-refractivity contribution in [3.05, 3.63) is 23.8 Å². The average Bonchev–Trinajstić information content (AvgIpc) is 2.65. The van der Waals surface area contributed by atoms with Gasteiger partial charge in [-0.25, -0.2) is 13.1 Å². The van der Waals surface area contributed by atoms with Crippen molar-refractivity contribution < 1.29 is 18.0 Å². The van der Waals surface area contributed by atoms with E-state index < -0.39 is 15.4 Å². The predicted octanol–water partition coefficient (Wildman–Crippen LogP) is 0.355. The van der Waals surface area contributed by atoms with Gasteiger partial charge in [0, 0.05) is 32.7 Å². The van der Waals surface area contributed by atoms with Crippen molar-refractivity contribution in [2.45, 2.75) is 31.1 Å². The number of hydrogen-bond donors (Lipinski definition) is 2. The number of amides is 2. The van der Waals surface area contributed by atoms with Crippen molar-refractivity contribution in [1.29, 1.82) is 0 Å². The molecule has 0 bridgehead atoms. The summed E-state index contributed by atoms with van der Waals surface area (Å²) < 4.78 is 27.1. The van der Waals surface area contributed by atoms with Crippen LogP contribution in [0.5, 0.6) is 0 Å². The highest BCUT2D eigenvalue weighted by Gasteiger charge is 2.42. The quantitative estimate of drug-likeness (QED) is 0.757. The fourth-order valence-corrected chi connectivity index (χ4v) is 3.68. The van der Waals surface area contributed by atoms with Gasteiger partial charge >= 0.3 is 0 Å². The molecule has 1 aromatic rings. The Kier molecular flexibility index (Phi) is 4.50. The van der Waals surface area contributed by atoms with Crippen molar-refractivity contribution >= 4 is 27.5 Å². The zero-order valence-electron chi connectivity index (χ0n) is 13.6. The Balaban J connectivity index is 2.24. The summed E-state index contributed by atoms with van der Waals surface area (Å²) in [5.41, 5.74) is 0.651. The van der Waals surface area contributed by atoms with E-state index in [0.29, 0.717) is 5.56 Å². The maximum Gasteiger partial charge on any atom is 0.240 e. The van der Waals surface area contributed by atoms with Gasteiger partial charge in [0.05, 0.1) is 10.3 Å². The molecule has 23 heavy (non-hydrogen) atoms. The fourth-order valence-electron chi connectivity index (χ4n) is 2.63. The summed E-state index contributed by atoms with van der Waals surface area (Å²) in [5, 5.41) is 2.52. The van der Waals surface area contributed by atoms with Gasteiger partial charge < -0.3 is 10.2 Å². The second-order valence-corrected chi connectivity index (χ2v) is 7.82. The SMILES string of the molecule is CC(=O)NCCNS(=O)(=O)c1ccc2c(c1)C(C)(C)C(=O)N2C. The molecule has 0 aliphatic carbocycles. The number of nitrogens with one attached hydrogen (secondary N) is 2. The summed E-state index contributed by atoms with van der Waals surface area (Å²) in [5.74, 6) is -0.286. The molecule has 0 unspecified atom stereocenters. The molecule has 0 saturated heterocycles. The second kappa shape index (κ2) is 5.93. The van der Waals surface area contributed by atoms with Crippen LogP contribution in [0.2, 0.25) is 0 Å². The van der Waals surface area contributed by atoms with Crippen LogP contribution in [-0.2, 0) is 25.0 Å². The van der Waals surface area contributed by atoms with Gasteiger partial charge in [0.2, 0.25) is 21.8 Å². The first-order chi connectivity index (χ1) is 10.6. The van der Waals surface area contributed by atoms with E-state index in [9.17, 15) is 18.0 Å². The normalized spacial score (nSPS) is 16.3. The van der Waals surface area contributed by atoms with Gasteiger partial charge in [-0.2, -0.15) is 0 Å². The molecule has 0 spiro atoms. The van der Waals surface area contributed by atoms with E-state index >= 15 is 0 Å². The Hall–Kier alpha value is -1.93. The van der Waals surface area contributed by atoms with E-state index in [1.165, 1.54) is 24.0 Å². The molecule has 0 radical (unpaired) electrons. The zero-order valence-corrected chi connectivity index (χ0v) is 14.5. The number of likely N-dealkylation sites (N-methyl/N-ethyl adjacent to an activating group) is 1. The lowest BCUT2D eigenvalue weighted by Crippen LogP contribution is -2.34. The standard InChI is InChI=1S/C15H21N3O4S/c1-10(19)16-7-8-17-23(21,22)11-5-6-13-12(9-11)15(2,3)14(20)18(13)4/h5-6,9,17H,7-8H2,1-4H3,(H,16,19). The van der Waals surface area contributed by atoms with Crippen molar-refractivity contribution in [1.82, 2.24) is 10.0 Å². The molecule has 2 amide bonds. The van der Waals surface area contributed by atoms with Crippen LogP contribution in [0, 0.1) is 0 Å². The Labute approximate surface area is 136 Å². The number of carbonyl (C=O) groups excluding carboxylic acids is 2. The van der Waals surface area contributed by atoms with Gasteiger partial charge in [0.25, 0.3) is 0 Å². The summed E-state index contributed by atoms with van der Waals surface area (Å²) >= 11 is 0. The van der Waals surface area contributed by atoms with Crippen molar-refractivity contribution in [3.8, 4) is 0 Å². The molecule has 8 heteroatoms. The van der Waals surface area contributed by atoms with E-state index in [1.807, 2.05) is 0 Å². The van der Waals surface area contributed by atoms with Crippen LogP contribution in [-0.4, -0.2) is 40.4 Å². The van der Waals surface area contributed by atoms with E-state index in [2.05, 4.69) is 10.0 Å². The summed E-state index contributed by atoms with van der Waals surface area (Å²) in [4.78, 5) is 24.7. The molecule has 0 saturated carbocycles. The number of nitrogens with zero attached hydrogens (tertiary/aromatic N) is 1. The third kappa shape index (κ3) is 3.23. The first-order valence-corrected chi connectivity index (χ1v) is 8.72. The number of sulfonamides is 1. The van der Waals surface area contributed by atoms with E-state index in [1.54, 1.807) is 27.0 Å². The van der Waals surface area contributed by atoms with Gasteiger partial charge in [-0.3, -0.25) is 9.59 Å². The van der Waals surface area contributed by atoms with Crippen LogP contribution in [0.4, 0.5) is 5.69 Å². The first kappa shape index (κ1) is 17.4. The van der Waals surface area contributed by atoms with E-state index in [0.717, 1.165) is 5.69 Å². The second-order valence-electron chi connectivity index (χ2n) is 6.05. The molecule has 2 N–H and O–H groups in total. The molecule has 2 rings (SSSR count). The summed E-state index contributed by atoms with van der Waals surface area (Å²) in [6.07, 6.45) is 0. The largest absolute Gasteiger partial charge is 0.355 e. The highest BCUT2D eigenvalue weighted by Crippen LogP contribution is 2.41. The number of rotatable bonds is 5. The Morgan fingerprint density at radius 2 is 1.91 bits per heavy atom. The maximum absolute atomic E-state index is 12.3. The average molecular weight is 339 g/mol. The minimum absolute atomic E-state index is 0.0688. The smallest absolute Gasteiger partial charge is 0.240 e. The lowest BCUT2D eigenvalue weighted by Gasteiger charge is -2.16. The van der Waals surface area contributed by atoms with E-state index in [4.69, 9.17) is 0 Å². The summed E-state index contributed by atoms with van der Waals surface area (Å²) in [6, 6.07) is 4.66. The zero-order chi connectivity index (χ0) is 17.4. The van der Waals surface area contributed by atoms with Gasteiger partial charge in [-0.1, -0.05) is 0 Å². The highest BCUT2D eigenvalue weighted by atomic mass is 32.2. The molecule has 0 fully saturated rings. The third-order valence-electron chi connectivity index (χ3n) is 3.94. The fraction of sp³-hybridized carbons (Fsp3) is 0.467. The number of carbonyl (C=O) groups is 2. The lowest BCUT2D eigenvalue weighted by atomic mass is 9.86. The molecule has 7 nitrogen and oxygen atoms in total. The van der Waals surface area contributed by atoms with Crippen LogP contribution in [0.25, 0.3) is 0 Å². The Morgan fingerprint density at radius 1 is 1.26 bits per heavy atom. The van der Waals surface area contributed by atoms with Crippen LogP contribution < -0.4 is 14.9 Å². The van der Waals surface area contributed by atoms with E-state index in [-0.39, 0.29) is 29.8 Å². The number of benzene rings is 1. The maximum atomic E-state index is 12.3. The van der Waals surface area contributed by atoms with Crippen molar-refractivity contribution in [2.24, 2.45) is 0 Å². The third-order valence-corrected chi connectivity index (χ3v) is 5.40. The number of hydrogen-bond acceptors (Lipinski definition) is 4. The molecular formula is C15H21N3O4S. The van der Waals surface area contributed by atoms with Crippen molar-refractivity contribution in [3.63, 3.8) is 0 Å². The Morgan fingerprint density at radius 3 is 2.52 bits per heavy atom. The summed E-state index contributed by atoms with van der Waals surface area (Å²) in [6.45, 7) is 5.23. The van der Waals surface area contributed by atoms with Gasteiger partial charge in [-0.05, 0) is 37.6 Å². The van der Waals surface area contributed by atoms with Crippen molar-refractivity contribution in [2.75, 3.05) is 25.0 Å². The molecule has 0 atom stereocenters. The van der Waals surface area contributed by atoms with Gasteiger partial charge in [0.15, 0.2) is 0 Å². The van der Waals surface area contributed by atoms with Crippen LogP contribution >= 0.6 is 0 Å². The van der Waals surface area contributed by atoms with Gasteiger partial charge in [-0.15, -0.1) is 0 Å². The highest BCUT2D eigenvalue weighted by molar-refractivity contribution is 7.89. The monoisotopic (exact) mass is 339 g/mol. The molecule has 1 heterocycles. The molecule has 1 aliphatic rings. The summed E-state index contributed by atoms with van der Waals surface area (Å²) in [7, 11) is -2.02. The lowest BCUT2D eigenvalue weighted by molar-refractivity contribution is -0.122. The minimum Gasteiger partial charge on any atom is -0.355 e. The van der Waals surface area contributed by atoms with Crippen LogP contribution in [0.3, 0.4) is 0 Å². The molecule has 1 aromatic carbocycles. The van der Waals surface area contributed by atoms with Crippen LogP contribution in [0.1, 0.15) is 26.3 Å². The topological polar surface area (TPSA) is 95.6 Å². The number of anilines is 1. The molecule has 126 valence electrons. The molecule has 0 aromatic heterocycles. The molecular weight excluding hydrogens is 318 g/mol. The predicted molar refractivity (Wildman–Crippen MR) is 86.8 cm³/mol. The van der Waals surface area contributed by atoms with Crippen LogP contribution in [0.15, 0.2) is 23.1 Å². The minimum atomic E-state index is -3.70. The first-order valence-electron chi connectivity index (χ1n) is 7.24.